The quantitative estimate of drug-likeness (QED) is 0.324. The van der Waals surface area contributed by atoms with Crippen molar-refractivity contribution in [2.75, 3.05) is 0 Å². The molecular formula is C21H36. The van der Waals surface area contributed by atoms with Gasteiger partial charge < -0.3 is 0 Å². The molecule has 1 aliphatic rings. The standard InChI is InChI=1S/C21H36/c1-15(2)11-17(4)13-18(5)12-16(3)9-8-10-19(6)21-14-20(21)7/h8,15-18,21H,7,9,11-14H2,1-6H3. The van der Waals surface area contributed by atoms with Crippen molar-refractivity contribution < 1.29 is 0 Å². The maximum Gasteiger partial charge on any atom is 0.0115 e. The summed E-state index contributed by atoms with van der Waals surface area (Å²) >= 11 is 0. The molecule has 0 heteroatoms. The molecule has 0 heterocycles. The highest BCUT2D eigenvalue weighted by Crippen LogP contribution is 2.41. The maximum absolute atomic E-state index is 4.02. The Labute approximate surface area is 133 Å². The summed E-state index contributed by atoms with van der Waals surface area (Å²) < 4.78 is 0. The largest absolute Gasteiger partial charge is 0.126 e. The molecule has 4 unspecified atom stereocenters. The average Bonchev–Trinajstić information content (AvgIpc) is 3.04. The van der Waals surface area contributed by atoms with Crippen LogP contribution in [0.3, 0.4) is 0 Å². The lowest BCUT2D eigenvalue weighted by molar-refractivity contribution is 0.314. The van der Waals surface area contributed by atoms with E-state index >= 15 is 0 Å². The lowest BCUT2D eigenvalue weighted by atomic mass is 9.85. The number of hydrogen-bond acceptors (Lipinski definition) is 0. The fraction of sp³-hybridized carbons (Fsp3) is 0.762. The molecule has 4 atom stereocenters. The number of hydrogen-bond donors (Lipinski definition) is 0. The van der Waals surface area contributed by atoms with E-state index in [2.05, 4.69) is 59.9 Å². The second-order valence-corrected chi connectivity index (χ2v) is 8.10. The minimum atomic E-state index is 0.646. The van der Waals surface area contributed by atoms with Crippen LogP contribution in [0.1, 0.15) is 73.6 Å². The molecule has 0 aromatic heterocycles. The third-order valence-corrected chi connectivity index (χ3v) is 4.65. The second kappa shape index (κ2) is 8.64. The van der Waals surface area contributed by atoms with E-state index in [0.29, 0.717) is 5.92 Å². The van der Waals surface area contributed by atoms with Gasteiger partial charge in [-0.3, -0.25) is 0 Å². The SMILES string of the molecule is C=C1CC1C(C)=C=CCC(C)CC(C)CC(C)CC(C)C. The minimum absolute atomic E-state index is 0.646. The molecule has 0 radical (unpaired) electrons. The van der Waals surface area contributed by atoms with E-state index in [4.69, 9.17) is 0 Å². The van der Waals surface area contributed by atoms with Crippen molar-refractivity contribution >= 4 is 0 Å². The maximum atomic E-state index is 4.02. The van der Waals surface area contributed by atoms with Crippen LogP contribution in [-0.4, -0.2) is 0 Å². The van der Waals surface area contributed by atoms with Crippen molar-refractivity contribution in [3.05, 3.63) is 29.5 Å². The molecule has 0 amide bonds. The number of allylic oxidation sites excluding steroid dienone is 2. The van der Waals surface area contributed by atoms with Crippen LogP contribution in [0.2, 0.25) is 0 Å². The fourth-order valence-corrected chi connectivity index (χ4v) is 3.65. The molecule has 0 aromatic rings. The van der Waals surface area contributed by atoms with Crippen LogP contribution in [0.5, 0.6) is 0 Å². The Balaban J connectivity index is 2.27. The first kappa shape index (κ1) is 18.3. The van der Waals surface area contributed by atoms with Crippen molar-refractivity contribution in [1.29, 1.82) is 0 Å². The topological polar surface area (TPSA) is 0 Å². The van der Waals surface area contributed by atoms with Crippen LogP contribution in [0.15, 0.2) is 29.5 Å². The van der Waals surface area contributed by atoms with Gasteiger partial charge in [0.2, 0.25) is 0 Å². The molecule has 0 spiro atoms. The average molecular weight is 289 g/mol. The van der Waals surface area contributed by atoms with E-state index in [1.54, 1.807) is 0 Å². The Morgan fingerprint density at radius 3 is 2.14 bits per heavy atom. The molecule has 0 aliphatic heterocycles. The summed E-state index contributed by atoms with van der Waals surface area (Å²) in [4.78, 5) is 0. The van der Waals surface area contributed by atoms with Gasteiger partial charge >= 0.3 is 0 Å². The molecule has 1 fully saturated rings. The molecule has 1 rings (SSSR count). The summed E-state index contributed by atoms with van der Waals surface area (Å²) in [6, 6.07) is 0. The van der Waals surface area contributed by atoms with Gasteiger partial charge in [-0.2, -0.15) is 0 Å². The first-order valence-corrected chi connectivity index (χ1v) is 8.88. The Morgan fingerprint density at radius 2 is 1.62 bits per heavy atom. The molecule has 120 valence electrons. The van der Waals surface area contributed by atoms with Crippen LogP contribution in [0.4, 0.5) is 0 Å². The molecule has 21 heavy (non-hydrogen) atoms. The van der Waals surface area contributed by atoms with Gasteiger partial charge in [0, 0.05) is 5.92 Å². The summed E-state index contributed by atoms with van der Waals surface area (Å²) in [5.74, 6) is 3.96. The lowest BCUT2D eigenvalue weighted by Gasteiger charge is -2.21. The highest BCUT2D eigenvalue weighted by Gasteiger charge is 2.28. The van der Waals surface area contributed by atoms with E-state index in [-0.39, 0.29) is 0 Å². The van der Waals surface area contributed by atoms with Gasteiger partial charge in [0.05, 0.1) is 0 Å². The summed E-state index contributed by atoms with van der Waals surface area (Å²) in [5.41, 5.74) is 6.24. The van der Waals surface area contributed by atoms with Crippen molar-refractivity contribution in [2.45, 2.75) is 73.6 Å². The van der Waals surface area contributed by atoms with E-state index < -0.39 is 0 Å². The van der Waals surface area contributed by atoms with Gasteiger partial charge in [0.25, 0.3) is 0 Å². The monoisotopic (exact) mass is 288 g/mol. The zero-order chi connectivity index (χ0) is 16.0. The smallest absolute Gasteiger partial charge is 0.0115 e. The van der Waals surface area contributed by atoms with Crippen molar-refractivity contribution in [3.63, 3.8) is 0 Å². The van der Waals surface area contributed by atoms with E-state index in [9.17, 15) is 0 Å². The van der Waals surface area contributed by atoms with Crippen molar-refractivity contribution in [3.8, 4) is 0 Å². The van der Waals surface area contributed by atoms with Gasteiger partial charge in [-0.25, -0.2) is 0 Å². The normalized spacial score (nSPS) is 21.7. The molecule has 0 nitrogen and oxygen atoms in total. The summed E-state index contributed by atoms with van der Waals surface area (Å²) in [6.07, 6.45) is 8.70. The molecular weight excluding hydrogens is 252 g/mol. The predicted octanol–water partition coefficient (Wildman–Crippen LogP) is 6.79. The summed E-state index contributed by atoms with van der Waals surface area (Å²) in [6.45, 7) is 18.1. The highest BCUT2D eigenvalue weighted by molar-refractivity contribution is 5.31. The van der Waals surface area contributed by atoms with E-state index in [1.807, 2.05) is 0 Å². The zero-order valence-electron chi connectivity index (χ0n) is 15.2. The van der Waals surface area contributed by atoms with Crippen LogP contribution >= 0.6 is 0 Å². The van der Waals surface area contributed by atoms with Gasteiger partial charge in [-0.1, -0.05) is 46.8 Å². The lowest BCUT2D eigenvalue weighted by Crippen LogP contribution is -2.09. The minimum Gasteiger partial charge on any atom is -0.126 e. The summed E-state index contributed by atoms with van der Waals surface area (Å²) in [7, 11) is 0. The van der Waals surface area contributed by atoms with Gasteiger partial charge in [-0.15, -0.1) is 5.73 Å². The third-order valence-electron chi connectivity index (χ3n) is 4.65. The Bertz CT molecular complexity index is 392. The number of rotatable bonds is 9. The molecule has 0 bridgehead atoms. The third kappa shape index (κ3) is 7.72. The van der Waals surface area contributed by atoms with Crippen LogP contribution < -0.4 is 0 Å². The molecule has 0 N–H and O–H groups in total. The summed E-state index contributed by atoms with van der Waals surface area (Å²) in [5, 5.41) is 0. The second-order valence-electron chi connectivity index (χ2n) is 8.10. The highest BCUT2D eigenvalue weighted by atomic mass is 14.3. The first-order valence-electron chi connectivity index (χ1n) is 8.88. The fourth-order valence-electron chi connectivity index (χ4n) is 3.65. The zero-order valence-corrected chi connectivity index (χ0v) is 15.2. The van der Waals surface area contributed by atoms with E-state index in [0.717, 1.165) is 23.7 Å². The van der Waals surface area contributed by atoms with Gasteiger partial charge in [-0.05, 0) is 74.3 Å². The van der Waals surface area contributed by atoms with Crippen molar-refractivity contribution in [2.24, 2.45) is 29.6 Å². The van der Waals surface area contributed by atoms with Gasteiger partial charge in [0.15, 0.2) is 0 Å². The Morgan fingerprint density at radius 1 is 1.10 bits per heavy atom. The first-order chi connectivity index (χ1) is 9.79. The van der Waals surface area contributed by atoms with Crippen LogP contribution in [0, 0.1) is 29.6 Å². The van der Waals surface area contributed by atoms with Crippen LogP contribution in [-0.2, 0) is 0 Å². The predicted molar refractivity (Wildman–Crippen MR) is 95.3 cm³/mol. The van der Waals surface area contributed by atoms with E-state index in [1.165, 1.54) is 43.3 Å². The molecule has 0 saturated heterocycles. The molecule has 0 aromatic carbocycles. The van der Waals surface area contributed by atoms with Crippen molar-refractivity contribution in [1.82, 2.24) is 0 Å². The van der Waals surface area contributed by atoms with Gasteiger partial charge in [0.1, 0.15) is 0 Å². The molecule has 1 saturated carbocycles. The van der Waals surface area contributed by atoms with Crippen LogP contribution in [0.25, 0.3) is 0 Å². The Kier molecular flexibility index (Phi) is 7.53. The molecule has 1 aliphatic carbocycles. The Hall–Kier alpha value is -0.740.